The van der Waals surface area contributed by atoms with E-state index in [9.17, 15) is 0 Å². The fourth-order valence-corrected chi connectivity index (χ4v) is 0.612. The van der Waals surface area contributed by atoms with E-state index < -0.39 is 0 Å². The summed E-state index contributed by atoms with van der Waals surface area (Å²) in [5, 5.41) is 0. The van der Waals surface area contributed by atoms with Crippen LogP contribution in [0, 0.1) is 0 Å². The topological polar surface area (TPSA) is 0 Å². The zero-order valence-corrected chi connectivity index (χ0v) is 13.3. The number of hydrogen-bond acceptors (Lipinski definition) is 4. The molecule has 0 heterocycles. The summed E-state index contributed by atoms with van der Waals surface area (Å²) in [6, 6.07) is 0. The van der Waals surface area contributed by atoms with Crippen LogP contribution in [0.1, 0.15) is 12.8 Å². The maximum atomic E-state index is 4.62. The minimum atomic E-state index is 0. The van der Waals surface area contributed by atoms with Gasteiger partial charge in [-0.05, 0) is 12.8 Å². The molecule has 0 radical (unpaired) electrons. The van der Waals surface area contributed by atoms with E-state index in [2.05, 4.69) is 49.7 Å². The quantitative estimate of drug-likeness (QED) is 0.270. The summed E-state index contributed by atoms with van der Waals surface area (Å²) in [7, 11) is 0. The Hall–Kier alpha value is 2.62. The van der Waals surface area contributed by atoms with Crippen LogP contribution in [0.5, 0.6) is 0 Å². The monoisotopic (exact) mass is 226 g/mol. The Bertz CT molecular complexity index is 99.8. The van der Waals surface area contributed by atoms with Crippen LogP contribution < -0.4 is 59.1 Å². The third-order valence-corrected chi connectivity index (χ3v) is 1.35. The molecule has 46 valence electrons. The fraction of sp³-hybridized carbons (Fsp3) is 0.500. The van der Waals surface area contributed by atoms with Gasteiger partial charge in [-0.15, -0.1) is 0 Å². The van der Waals surface area contributed by atoms with Crippen molar-refractivity contribution in [3.8, 4) is 0 Å². The number of hydrogen-bond donors (Lipinski definition) is 0. The maximum Gasteiger partial charge on any atom is 1.00 e. The number of rotatable bonds is 3. The van der Waals surface area contributed by atoms with Crippen LogP contribution in [0.15, 0.2) is 0 Å². The van der Waals surface area contributed by atoms with Crippen LogP contribution in [0.2, 0.25) is 0 Å². The Morgan fingerprint density at radius 1 is 0.900 bits per heavy atom. The van der Waals surface area contributed by atoms with Crippen molar-refractivity contribution >= 4 is 58.1 Å². The van der Waals surface area contributed by atoms with E-state index in [0.717, 1.165) is 0 Å². The molecule has 0 bridgehead atoms. The van der Waals surface area contributed by atoms with Gasteiger partial charge in [0.05, 0.1) is 0 Å². The summed E-state index contributed by atoms with van der Waals surface area (Å²) in [6.45, 7) is 0. The van der Waals surface area contributed by atoms with Gasteiger partial charge < -0.3 is 49.7 Å². The molecule has 0 unspecified atom stereocenters. The zero-order chi connectivity index (χ0) is 6.57. The molecule has 0 nitrogen and oxygen atoms in total. The van der Waals surface area contributed by atoms with Gasteiger partial charge in [0.2, 0.25) is 0 Å². The van der Waals surface area contributed by atoms with Crippen LogP contribution in [-0.4, -0.2) is 8.39 Å². The average molecular weight is 226 g/mol. The van der Waals surface area contributed by atoms with Gasteiger partial charge >= 0.3 is 59.1 Å². The van der Waals surface area contributed by atoms with Gasteiger partial charge in [0.1, 0.15) is 0 Å². The molecule has 0 aliphatic rings. The van der Waals surface area contributed by atoms with Gasteiger partial charge in [-0.2, -0.15) is 8.39 Å². The molecular weight excluding hydrogens is 222 g/mol. The molecule has 0 aromatic carbocycles. The summed E-state index contributed by atoms with van der Waals surface area (Å²) in [5.41, 5.74) is 0. The van der Waals surface area contributed by atoms with Gasteiger partial charge in [-0.1, -0.05) is 0 Å². The third-order valence-electron chi connectivity index (χ3n) is 0.533. The second-order valence-electron chi connectivity index (χ2n) is 1.24. The molecule has 0 atom stereocenters. The molecular formula is C4H4Na2S4. The Balaban J connectivity index is -0.000000245. The predicted molar refractivity (Wildman–Crippen MR) is 49.2 cm³/mol. The Morgan fingerprint density at radius 3 is 1.20 bits per heavy atom. The SMILES string of the molecule is S=C([S-])CCC(=S)[S-].[Na+].[Na+]. The van der Waals surface area contributed by atoms with Crippen LogP contribution in [0.4, 0.5) is 0 Å². The van der Waals surface area contributed by atoms with Crippen LogP contribution in [0.25, 0.3) is 0 Å². The standard InChI is InChI=1S/C4H6S4.2Na/c5-3(6)1-2-4(7)8;;/h1-2H2,(H,5,6)(H,7,8);;/q;2*+1/p-2. The van der Waals surface area contributed by atoms with E-state index in [4.69, 9.17) is 0 Å². The second-order valence-corrected chi connectivity index (χ2v) is 3.73. The van der Waals surface area contributed by atoms with Gasteiger partial charge in [-0.3, -0.25) is 0 Å². The minimum Gasteiger partial charge on any atom is -0.433 e. The molecule has 0 amide bonds. The minimum absolute atomic E-state index is 0. The fourth-order valence-electron chi connectivity index (χ4n) is 0.204. The largest absolute Gasteiger partial charge is 1.00 e. The zero-order valence-electron chi connectivity index (χ0n) is 6.05. The molecule has 0 spiro atoms. The normalized spacial score (nSPS) is 6.80. The molecule has 0 N–H and O–H groups in total. The van der Waals surface area contributed by atoms with Crippen molar-refractivity contribution in [2.24, 2.45) is 0 Å². The summed E-state index contributed by atoms with van der Waals surface area (Å²) in [4.78, 5) is 0. The van der Waals surface area contributed by atoms with Crippen molar-refractivity contribution in [2.75, 3.05) is 0 Å². The number of thiocarbonyl (C=S) groups is 2. The summed E-state index contributed by atoms with van der Waals surface area (Å²) < 4.78 is 1.13. The van der Waals surface area contributed by atoms with Crippen molar-refractivity contribution in [3.05, 3.63) is 0 Å². The van der Waals surface area contributed by atoms with Gasteiger partial charge in [0, 0.05) is 0 Å². The van der Waals surface area contributed by atoms with Crippen molar-refractivity contribution in [1.82, 2.24) is 0 Å². The van der Waals surface area contributed by atoms with E-state index in [1.807, 2.05) is 0 Å². The summed E-state index contributed by atoms with van der Waals surface area (Å²) in [5.74, 6) is 0. The molecule has 0 aromatic rings. The summed E-state index contributed by atoms with van der Waals surface area (Å²) in [6.07, 6.45) is 1.38. The predicted octanol–water partition coefficient (Wildman–Crippen LogP) is -4.48. The first-order valence-corrected chi connectivity index (χ1v) is 3.66. The van der Waals surface area contributed by atoms with E-state index >= 15 is 0 Å². The van der Waals surface area contributed by atoms with Gasteiger partial charge in [0.15, 0.2) is 0 Å². The van der Waals surface area contributed by atoms with E-state index in [1.165, 1.54) is 0 Å². The van der Waals surface area contributed by atoms with Gasteiger partial charge in [0.25, 0.3) is 0 Å². The van der Waals surface area contributed by atoms with Crippen LogP contribution in [0.3, 0.4) is 0 Å². The smallest absolute Gasteiger partial charge is 0.433 e. The first kappa shape index (κ1) is 18.4. The van der Waals surface area contributed by atoms with E-state index in [1.54, 1.807) is 0 Å². The molecule has 0 rings (SSSR count). The van der Waals surface area contributed by atoms with Crippen molar-refractivity contribution in [3.63, 3.8) is 0 Å². The van der Waals surface area contributed by atoms with Crippen LogP contribution in [-0.2, 0) is 25.3 Å². The van der Waals surface area contributed by atoms with Crippen LogP contribution >= 0.6 is 24.4 Å². The molecule has 0 aliphatic carbocycles. The summed E-state index contributed by atoms with van der Waals surface area (Å²) >= 11 is 18.5. The Labute approximate surface area is 128 Å². The first-order valence-electron chi connectivity index (χ1n) is 2.02. The van der Waals surface area contributed by atoms with E-state index in [0.29, 0.717) is 21.2 Å². The van der Waals surface area contributed by atoms with Gasteiger partial charge in [-0.25, -0.2) is 0 Å². The maximum absolute atomic E-state index is 4.62. The molecule has 6 heteroatoms. The molecule has 0 aliphatic heterocycles. The van der Waals surface area contributed by atoms with Crippen molar-refractivity contribution in [2.45, 2.75) is 12.8 Å². The van der Waals surface area contributed by atoms with E-state index in [-0.39, 0.29) is 59.1 Å². The molecule has 0 fully saturated rings. The second kappa shape index (κ2) is 11.6. The third kappa shape index (κ3) is 16.9. The average Bonchev–Trinajstić information content (AvgIpc) is 1.61. The molecule has 0 aromatic heterocycles. The Kier molecular flexibility index (Phi) is 21.4. The molecule has 10 heavy (non-hydrogen) atoms. The van der Waals surface area contributed by atoms with Crippen molar-refractivity contribution in [1.29, 1.82) is 0 Å². The van der Waals surface area contributed by atoms with Crippen molar-refractivity contribution < 1.29 is 59.1 Å². The molecule has 0 saturated carbocycles. The molecule has 0 saturated heterocycles. The first-order chi connectivity index (χ1) is 3.63. The Morgan fingerprint density at radius 2 is 1.10 bits per heavy atom.